The van der Waals surface area contributed by atoms with Gasteiger partial charge in [0.15, 0.2) is 5.16 Å². The molecule has 0 atom stereocenters. The molecular formula is C16H23N5OS. The highest BCUT2D eigenvalue weighted by atomic mass is 32.2. The van der Waals surface area contributed by atoms with Crippen LogP contribution < -0.4 is 5.32 Å². The van der Waals surface area contributed by atoms with Crippen LogP contribution >= 0.6 is 11.8 Å². The zero-order valence-electron chi connectivity index (χ0n) is 14.1. The average Bonchev–Trinajstić information content (AvgIpc) is 2.79. The molecule has 2 aromatic heterocycles. The number of aromatic nitrogens is 4. The lowest BCUT2D eigenvalue weighted by Gasteiger charge is -2.07. The summed E-state index contributed by atoms with van der Waals surface area (Å²) in [6.45, 7) is 9.40. The molecule has 23 heavy (non-hydrogen) atoms. The van der Waals surface area contributed by atoms with E-state index in [-0.39, 0.29) is 5.91 Å². The van der Waals surface area contributed by atoms with E-state index in [9.17, 15) is 4.79 Å². The normalized spacial score (nSPS) is 10.8. The van der Waals surface area contributed by atoms with Crippen LogP contribution in [0.2, 0.25) is 0 Å². The van der Waals surface area contributed by atoms with Crippen molar-refractivity contribution in [2.75, 3.05) is 12.3 Å². The maximum atomic E-state index is 11.9. The Hall–Kier alpha value is -1.89. The molecule has 2 aromatic rings. The van der Waals surface area contributed by atoms with E-state index in [2.05, 4.69) is 34.2 Å². The molecule has 1 N–H and O–H groups in total. The molecule has 0 spiro atoms. The van der Waals surface area contributed by atoms with Crippen molar-refractivity contribution in [3.8, 4) is 0 Å². The number of aryl methyl sites for hydroxylation is 2. The van der Waals surface area contributed by atoms with Crippen molar-refractivity contribution in [1.29, 1.82) is 0 Å². The van der Waals surface area contributed by atoms with Crippen molar-refractivity contribution >= 4 is 17.7 Å². The van der Waals surface area contributed by atoms with Gasteiger partial charge in [-0.05, 0) is 38.8 Å². The molecular weight excluding hydrogens is 310 g/mol. The highest BCUT2D eigenvalue weighted by Crippen LogP contribution is 2.13. The standard InChI is InChI=1S/C16H23N5OS/c1-5-14-12(3)20-21(13(14)4)9-8-17-15(22)10-23-16-18-7-6-11(2)19-16/h6-7H,5,8-10H2,1-4H3,(H,17,22). The minimum atomic E-state index is -0.0163. The molecule has 0 unspecified atom stereocenters. The molecule has 2 rings (SSSR count). The molecule has 2 heterocycles. The molecule has 7 heteroatoms. The molecule has 6 nitrogen and oxygen atoms in total. The van der Waals surface area contributed by atoms with E-state index in [0.717, 1.165) is 17.8 Å². The van der Waals surface area contributed by atoms with Crippen LogP contribution in [0.1, 0.15) is 29.6 Å². The number of thioether (sulfide) groups is 1. The summed E-state index contributed by atoms with van der Waals surface area (Å²) in [5, 5.41) is 8.07. The summed E-state index contributed by atoms with van der Waals surface area (Å²) in [6, 6.07) is 1.84. The fraction of sp³-hybridized carbons (Fsp3) is 0.500. The summed E-state index contributed by atoms with van der Waals surface area (Å²) in [4.78, 5) is 20.3. The summed E-state index contributed by atoms with van der Waals surface area (Å²) in [6.07, 6.45) is 2.69. The van der Waals surface area contributed by atoms with Crippen molar-refractivity contribution in [3.63, 3.8) is 0 Å². The highest BCUT2D eigenvalue weighted by Gasteiger charge is 2.10. The number of rotatable bonds is 7. The number of amides is 1. The van der Waals surface area contributed by atoms with E-state index in [4.69, 9.17) is 0 Å². The number of nitrogens with one attached hydrogen (secondary N) is 1. The van der Waals surface area contributed by atoms with Crippen LogP contribution in [0.4, 0.5) is 0 Å². The molecule has 0 radical (unpaired) electrons. The van der Waals surface area contributed by atoms with Crippen LogP contribution in [-0.4, -0.2) is 38.0 Å². The quantitative estimate of drug-likeness (QED) is 0.620. The van der Waals surface area contributed by atoms with Gasteiger partial charge >= 0.3 is 0 Å². The predicted molar refractivity (Wildman–Crippen MR) is 91.6 cm³/mol. The minimum absolute atomic E-state index is 0.0163. The number of carbonyl (C=O) groups is 1. The van der Waals surface area contributed by atoms with Gasteiger partial charge in [-0.15, -0.1) is 0 Å². The van der Waals surface area contributed by atoms with Crippen LogP contribution in [0.3, 0.4) is 0 Å². The Balaban J connectivity index is 1.77. The maximum Gasteiger partial charge on any atom is 0.230 e. The van der Waals surface area contributed by atoms with Gasteiger partial charge in [0, 0.05) is 24.1 Å². The van der Waals surface area contributed by atoms with E-state index in [1.807, 2.05) is 24.6 Å². The van der Waals surface area contributed by atoms with Gasteiger partial charge in [0.25, 0.3) is 0 Å². The SMILES string of the molecule is CCc1c(C)nn(CCNC(=O)CSc2nccc(C)n2)c1C. The van der Waals surface area contributed by atoms with Gasteiger partial charge < -0.3 is 5.32 Å². The molecule has 1 amide bonds. The Morgan fingerprint density at radius 2 is 2.13 bits per heavy atom. The molecule has 0 saturated carbocycles. The smallest absolute Gasteiger partial charge is 0.230 e. The topological polar surface area (TPSA) is 72.7 Å². The molecule has 0 fully saturated rings. The van der Waals surface area contributed by atoms with Gasteiger partial charge in [0.2, 0.25) is 5.91 Å². The van der Waals surface area contributed by atoms with E-state index < -0.39 is 0 Å². The largest absolute Gasteiger partial charge is 0.354 e. The molecule has 0 aliphatic heterocycles. The monoisotopic (exact) mass is 333 g/mol. The molecule has 0 aliphatic carbocycles. The predicted octanol–water partition coefficient (Wildman–Crippen LogP) is 2.07. The van der Waals surface area contributed by atoms with Crippen LogP contribution in [0.15, 0.2) is 17.4 Å². The number of hydrogen-bond donors (Lipinski definition) is 1. The lowest BCUT2D eigenvalue weighted by Crippen LogP contribution is -2.29. The third-order valence-corrected chi connectivity index (χ3v) is 4.50. The maximum absolute atomic E-state index is 11.9. The number of hydrogen-bond acceptors (Lipinski definition) is 5. The highest BCUT2D eigenvalue weighted by molar-refractivity contribution is 7.99. The van der Waals surface area contributed by atoms with E-state index >= 15 is 0 Å². The number of carbonyl (C=O) groups excluding carboxylic acids is 1. The molecule has 0 bridgehead atoms. The first-order valence-corrected chi connectivity index (χ1v) is 8.71. The van der Waals surface area contributed by atoms with Gasteiger partial charge in [-0.3, -0.25) is 9.48 Å². The third kappa shape index (κ3) is 4.79. The number of nitrogens with zero attached hydrogens (tertiary/aromatic N) is 4. The van der Waals surface area contributed by atoms with Gasteiger partial charge in [-0.1, -0.05) is 18.7 Å². The van der Waals surface area contributed by atoms with Crippen molar-refractivity contribution in [3.05, 3.63) is 34.9 Å². The Bertz CT molecular complexity index is 683. The molecule has 124 valence electrons. The van der Waals surface area contributed by atoms with Crippen LogP contribution in [0, 0.1) is 20.8 Å². The summed E-state index contributed by atoms with van der Waals surface area (Å²) >= 11 is 1.35. The van der Waals surface area contributed by atoms with Gasteiger partial charge in [-0.25, -0.2) is 9.97 Å². The van der Waals surface area contributed by atoms with Gasteiger partial charge in [0.1, 0.15) is 0 Å². The third-order valence-electron chi connectivity index (χ3n) is 3.64. The van der Waals surface area contributed by atoms with Crippen LogP contribution in [0.5, 0.6) is 0 Å². The Morgan fingerprint density at radius 3 is 2.78 bits per heavy atom. The lowest BCUT2D eigenvalue weighted by molar-refractivity contribution is -0.118. The van der Waals surface area contributed by atoms with Crippen molar-refractivity contribution in [2.24, 2.45) is 0 Å². The van der Waals surface area contributed by atoms with Gasteiger partial charge in [0.05, 0.1) is 18.0 Å². The van der Waals surface area contributed by atoms with E-state index in [1.165, 1.54) is 23.0 Å². The summed E-state index contributed by atoms with van der Waals surface area (Å²) in [5.41, 5.74) is 4.45. The summed E-state index contributed by atoms with van der Waals surface area (Å²) in [7, 11) is 0. The first kappa shape index (κ1) is 17.5. The molecule has 0 saturated heterocycles. The van der Waals surface area contributed by atoms with Crippen LogP contribution in [0.25, 0.3) is 0 Å². The Kier molecular flexibility index (Phi) is 6.15. The second-order valence-corrected chi connectivity index (χ2v) is 6.29. The fourth-order valence-corrected chi connectivity index (χ4v) is 3.15. The van der Waals surface area contributed by atoms with Crippen LogP contribution in [-0.2, 0) is 17.8 Å². The first-order valence-electron chi connectivity index (χ1n) is 7.73. The second kappa shape index (κ2) is 8.10. The summed E-state index contributed by atoms with van der Waals surface area (Å²) in [5.74, 6) is 0.304. The first-order chi connectivity index (χ1) is 11.0. The zero-order valence-corrected chi connectivity index (χ0v) is 14.9. The van der Waals surface area contributed by atoms with E-state index in [0.29, 0.717) is 24.0 Å². The van der Waals surface area contributed by atoms with Crippen molar-refractivity contribution in [1.82, 2.24) is 25.1 Å². The fourth-order valence-electron chi connectivity index (χ4n) is 2.44. The molecule has 0 aromatic carbocycles. The average molecular weight is 333 g/mol. The minimum Gasteiger partial charge on any atom is -0.354 e. The summed E-state index contributed by atoms with van der Waals surface area (Å²) < 4.78 is 1.96. The molecule has 0 aliphatic rings. The lowest BCUT2D eigenvalue weighted by atomic mass is 10.1. The van der Waals surface area contributed by atoms with Crippen molar-refractivity contribution in [2.45, 2.75) is 45.8 Å². The van der Waals surface area contributed by atoms with E-state index in [1.54, 1.807) is 6.20 Å². The Morgan fingerprint density at radius 1 is 1.35 bits per heavy atom. The van der Waals surface area contributed by atoms with Crippen molar-refractivity contribution < 1.29 is 4.79 Å². The second-order valence-electron chi connectivity index (χ2n) is 5.35. The Labute approximate surface area is 141 Å². The van der Waals surface area contributed by atoms with Gasteiger partial charge in [-0.2, -0.15) is 5.10 Å². The zero-order chi connectivity index (χ0) is 16.8.